The molecule has 0 aliphatic rings. The van der Waals surface area contributed by atoms with E-state index >= 15 is 0 Å². The van der Waals surface area contributed by atoms with Crippen LogP contribution in [0, 0.1) is 0 Å². The summed E-state index contributed by atoms with van der Waals surface area (Å²) < 4.78 is 15.8. The smallest absolute Gasteiger partial charge is 0.207 e. The molecule has 0 amide bonds. The Kier molecular flexibility index (Phi) is 8.23. The van der Waals surface area contributed by atoms with Crippen LogP contribution in [0.1, 0.15) is 32.2 Å². The molecule has 0 spiro atoms. The van der Waals surface area contributed by atoms with E-state index in [2.05, 4.69) is 39.0 Å². The third-order valence-electron chi connectivity index (χ3n) is 4.33. The Morgan fingerprint density at radius 2 is 1.83 bits per heavy atom. The zero-order chi connectivity index (χ0) is 21.2. The first-order valence-electron chi connectivity index (χ1n) is 10.2. The number of anilines is 2. The summed E-state index contributed by atoms with van der Waals surface area (Å²) in [5.41, 5.74) is 3.39. The molecular formula is C23H29N4O2S+. The molecule has 0 unspecified atom stereocenters. The minimum atomic E-state index is 0.624. The summed E-state index contributed by atoms with van der Waals surface area (Å²) in [5, 5.41) is 6.27. The van der Waals surface area contributed by atoms with E-state index in [1.165, 1.54) is 17.1 Å². The van der Waals surface area contributed by atoms with Crippen LogP contribution in [0.5, 0.6) is 11.5 Å². The van der Waals surface area contributed by atoms with Gasteiger partial charge in [-0.15, -0.1) is 0 Å². The van der Waals surface area contributed by atoms with Crippen molar-refractivity contribution in [2.45, 2.75) is 27.2 Å². The van der Waals surface area contributed by atoms with Crippen molar-refractivity contribution in [3.63, 3.8) is 0 Å². The maximum absolute atomic E-state index is 5.71. The summed E-state index contributed by atoms with van der Waals surface area (Å²) in [5.74, 6) is 2.35. The minimum Gasteiger partial charge on any atom is -0.490 e. The first kappa shape index (κ1) is 21.8. The SMILES string of the molecule is CCOc1ccc(CC[NH2+]C(C)=Cc2nsc(Nc3ccccc3)n2)cc1OCC. The molecule has 6 nitrogen and oxygen atoms in total. The predicted octanol–water partition coefficient (Wildman–Crippen LogP) is 4.25. The van der Waals surface area contributed by atoms with Crippen molar-refractivity contribution < 1.29 is 14.8 Å². The second kappa shape index (κ2) is 11.3. The summed E-state index contributed by atoms with van der Waals surface area (Å²) >= 11 is 1.36. The van der Waals surface area contributed by atoms with E-state index < -0.39 is 0 Å². The van der Waals surface area contributed by atoms with E-state index in [0.29, 0.717) is 13.2 Å². The molecule has 158 valence electrons. The van der Waals surface area contributed by atoms with Crippen LogP contribution in [0.3, 0.4) is 0 Å². The van der Waals surface area contributed by atoms with E-state index in [0.717, 1.165) is 46.8 Å². The van der Waals surface area contributed by atoms with E-state index in [4.69, 9.17) is 9.47 Å². The van der Waals surface area contributed by atoms with Gasteiger partial charge in [0.25, 0.3) is 0 Å². The van der Waals surface area contributed by atoms with Crippen LogP contribution < -0.4 is 20.1 Å². The molecular weight excluding hydrogens is 396 g/mol. The summed E-state index contributed by atoms with van der Waals surface area (Å²) in [6.45, 7) is 8.23. The van der Waals surface area contributed by atoms with Gasteiger partial charge in [-0.3, -0.25) is 0 Å². The van der Waals surface area contributed by atoms with Gasteiger partial charge in [0.2, 0.25) is 5.13 Å². The van der Waals surface area contributed by atoms with Crippen LogP contribution in [0.4, 0.5) is 10.8 Å². The number of para-hydroxylation sites is 1. The number of allylic oxidation sites excluding steroid dienone is 1. The number of ether oxygens (including phenoxy) is 2. The molecule has 0 aliphatic heterocycles. The highest BCUT2D eigenvalue weighted by atomic mass is 32.1. The molecule has 1 heterocycles. The molecule has 0 atom stereocenters. The van der Waals surface area contributed by atoms with Crippen LogP contribution >= 0.6 is 11.5 Å². The largest absolute Gasteiger partial charge is 0.490 e. The highest BCUT2D eigenvalue weighted by Gasteiger charge is 2.08. The number of nitrogens with one attached hydrogen (secondary N) is 1. The average molecular weight is 426 g/mol. The number of rotatable bonds is 11. The van der Waals surface area contributed by atoms with Gasteiger partial charge in [0.05, 0.1) is 19.8 Å². The van der Waals surface area contributed by atoms with Gasteiger partial charge in [-0.05, 0) is 43.7 Å². The fraction of sp³-hybridized carbons (Fsp3) is 0.304. The predicted molar refractivity (Wildman–Crippen MR) is 123 cm³/mol. The molecule has 1 aromatic heterocycles. The van der Waals surface area contributed by atoms with Crippen molar-refractivity contribution in [3.8, 4) is 11.5 Å². The third kappa shape index (κ3) is 6.57. The lowest BCUT2D eigenvalue weighted by molar-refractivity contribution is -0.604. The number of benzene rings is 2. The lowest BCUT2D eigenvalue weighted by Gasteiger charge is -2.12. The lowest BCUT2D eigenvalue weighted by atomic mass is 10.1. The van der Waals surface area contributed by atoms with E-state index in [1.54, 1.807) is 0 Å². The van der Waals surface area contributed by atoms with Crippen molar-refractivity contribution in [2.75, 3.05) is 25.1 Å². The van der Waals surface area contributed by atoms with Crippen LogP contribution in [0.2, 0.25) is 0 Å². The number of nitrogens with zero attached hydrogens (tertiary/aromatic N) is 2. The number of aromatic nitrogens is 2. The van der Waals surface area contributed by atoms with Crippen molar-refractivity contribution in [2.24, 2.45) is 0 Å². The molecule has 30 heavy (non-hydrogen) atoms. The van der Waals surface area contributed by atoms with Gasteiger partial charge < -0.3 is 20.1 Å². The van der Waals surface area contributed by atoms with Crippen molar-refractivity contribution >= 4 is 28.4 Å². The molecule has 3 aromatic rings. The first-order chi connectivity index (χ1) is 14.7. The topological polar surface area (TPSA) is 72.9 Å². The lowest BCUT2D eigenvalue weighted by Crippen LogP contribution is -2.82. The van der Waals surface area contributed by atoms with Crippen LogP contribution in [0.25, 0.3) is 6.08 Å². The summed E-state index contributed by atoms with van der Waals surface area (Å²) in [4.78, 5) is 4.54. The fourth-order valence-corrected chi connectivity index (χ4v) is 3.54. The Morgan fingerprint density at radius 3 is 2.60 bits per heavy atom. The van der Waals surface area contributed by atoms with Crippen LogP contribution in [-0.4, -0.2) is 29.1 Å². The Morgan fingerprint density at radius 1 is 1.07 bits per heavy atom. The Bertz CT molecular complexity index is 957. The van der Waals surface area contributed by atoms with E-state index in [-0.39, 0.29) is 0 Å². The monoisotopic (exact) mass is 425 g/mol. The van der Waals surface area contributed by atoms with E-state index in [9.17, 15) is 0 Å². The van der Waals surface area contributed by atoms with Crippen molar-refractivity contribution in [3.05, 3.63) is 65.6 Å². The Balaban J connectivity index is 1.52. The van der Waals surface area contributed by atoms with Gasteiger partial charge in [0.15, 0.2) is 17.3 Å². The summed E-state index contributed by atoms with van der Waals surface area (Å²) in [6.07, 6.45) is 2.94. The molecule has 0 radical (unpaired) electrons. The van der Waals surface area contributed by atoms with Gasteiger partial charge in [-0.25, -0.2) is 0 Å². The maximum Gasteiger partial charge on any atom is 0.207 e. The second-order valence-electron chi connectivity index (χ2n) is 6.73. The molecule has 0 saturated heterocycles. The third-order valence-corrected chi connectivity index (χ3v) is 4.98. The van der Waals surface area contributed by atoms with Crippen LogP contribution in [0.15, 0.2) is 54.2 Å². The number of quaternary nitrogens is 1. The standard InChI is InChI=1S/C23H28N4O2S/c1-4-28-20-12-11-18(16-21(20)29-5-2)13-14-24-17(3)15-22-26-23(30-27-22)25-19-9-7-6-8-10-19/h6-12,15-16,24H,4-5,13-14H2,1-3H3,(H,25,26,27)/p+1. The van der Waals surface area contributed by atoms with E-state index in [1.807, 2.05) is 56.3 Å². The fourth-order valence-electron chi connectivity index (χ4n) is 2.97. The second-order valence-corrected chi connectivity index (χ2v) is 7.48. The van der Waals surface area contributed by atoms with Gasteiger partial charge in [-0.2, -0.15) is 9.36 Å². The number of nitrogens with two attached hydrogens (primary N) is 1. The molecule has 0 fully saturated rings. The zero-order valence-electron chi connectivity index (χ0n) is 17.7. The maximum atomic E-state index is 5.71. The number of hydrogen-bond donors (Lipinski definition) is 2. The molecule has 0 saturated carbocycles. The van der Waals surface area contributed by atoms with Crippen molar-refractivity contribution in [1.29, 1.82) is 0 Å². The molecule has 7 heteroatoms. The van der Waals surface area contributed by atoms with Crippen molar-refractivity contribution in [1.82, 2.24) is 9.36 Å². The quantitative estimate of drug-likeness (QED) is 0.481. The first-order valence-corrected chi connectivity index (χ1v) is 11.0. The molecule has 0 aliphatic carbocycles. The molecule has 0 bridgehead atoms. The van der Waals surface area contributed by atoms with Crippen LogP contribution in [-0.2, 0) is 6.42 Å². The molecule has 3 N–H and O–H groups in total. The normalized spacial score (nSPS) is 11.4. The average Bonchev–Trinajstić information content (AvgIpc) is 3.17. The zero-order valence-corrected chi connectivity index (χ0v) is 18.5. The van der Waals surface area contributed by atoms with Gasteiger partial charge in [0.1, 0.15) is 5.70 Å². The van der Waals surface area contributed by atoms with Gasteiger partial charge >= 0.3 is 0 Å². The van der Waals surface area contributed by atoms with Gasteiger partial charge in [0, 0.05) is 36.6 Å². The number of hydrogen-bond acceptors (Lipinski definition) is 6. The van der Waals surface area contributed by atoms with Gasteiger partial charge in [-0.1, -0.05) is 24.3 Å². The Labute approximate surface area is 182 Å². The summed E-state index contributed by atoms with van der Waals surface area (Å²) in [6, 6.07) is 16.2. The highest BCUT2D eigenvalue weighted by molar-refractivity contribution is 7.09. The Hall–Kier alpha value is -2.90. The molecule has 3 rings (SSSR count). The summed E-state index contributed by atoms with van der Waals surface area (Å²) in [7, 11) is 0. The molecule has 2 aromatic carbocycles. The minimum absolute atomic E-state index is 0.624. The highest BCUT2D eigenvalue weighted by Crippen LogP contribution is 2.28.